The number of anilines is 1. The Bertz CT molecular complexity index is 1450. The molecule has 4 bridgehead atoms. The molecule has 4 aliphatic carbocycles. The molecule has 4 aliphatic rings. The maximum atomic E-state index is 13.3. The highest BCUT2D eigenvalue weighted by Gasteiger charge is 2.48. The highest BCUT2D eigenvalue weighted by Crippen LogP contribution is 2.53. The van der Waals surface area contributed by atoms with Gasteiger partial charge < -0.3 is 35.3 Å². The van der Waals surface area contributed by atoms with Gasteiger partial charge in [-0.1, -0.05) is 6.08 Å². The van der Waals surface area contributed by atoms with Crippen LogP contribution in [0.5, 0.6) is 0 Å². The standard InChI is InChI=1S/C32H41N5O8/c1-45-27(39)7-3-2-5-24(34-29(40)22-14-23(32(43)44)16-33-15-22)30(41)35-25-6-4-8-37(31(25)42)17-26(38)36-28-20-10-18-9-19(12-20)13-21(28)11-18/h3-4,6-8,14-16,18-21,24,26,28,30,35-36,38,41H,2,5,9-13,17H2,1H3,(H,34,40)(H,43,44)/b7-3+/t18?,19?,20?,21?,24-,26?,28?,30?/m0/s1. The van der Waals surface area contributed by atoms with Crippen LogP contribution < -0.4 is 21.5 Å². The molecule has 13 nitrogen and oxygen atoms in total. The molecule has 1 amide bonds. The molecular weight excluding hydrogens is 582 g/mol. The minimum Gasteiger partial charge on any atom is -0.478 e. The van der Waals surface area contributed by atoms with Crippen LogP contribution >= 0.6 is 0 Å². The number of carbonyl (C=O) groups is 3. The Kier molecular flexibility index (Phi) is 10.3. The SMILES string of the molecule is COC(=O)/C=C/CC[C@H](NC(=O)c1cncc(C(=O)O)c1)C(O)Nc1cccn(CC(O)NC2C3CC4CC(C3)CC2C4)c1=O. The normalized spacial score (nSPS) is 25.4. The number of rotatable bonds is 14. The topological polar surface area (TPSA) is 192 Å². The lowest BCUT2D eigenvalue weighted by Gasteiger charge is -2.55. The quantitative estimate of drug-likeness (QED) is 0.102. The maximum Gasteiger partial charge on any atom is 0.337 e. The zero-order valence-electron chi connectivity index (χ0n) is 25.2. The average Bonchev–Trinajstić information content (AvgIpc) is 3.01. The molecule has 0 radical (unpaired) electrons. The summed E-state index contributed by atoms with van der Waals surface area (Å²) in [5.41, 5.74) is -0.606. The molecule has 4 saturated carbocycles. The Morgan fingerprint density at radius 3 is 2.44 bits per heavy atom. The van der Waals surface area contributed by atoms with Crippen LogP contribution in [0.1, 0.15) is 65.7 Å². The predicted molar refractivity (Wildman–Crippen MR) is 163 cm³/mol. The summed E-state index contributed by atoms with van der Waals surface area (Å²) in [4.78, 5) is 52.9. The number of amides is 1. The first-order valence-corrected chi connectivity index (χ1v) is 15.4. The van der Waals surface area contributed by atoms with Gasteiger partial charge in [0.2, 0.25) is 0 Å². The van der Waals surface area contributed by atoms with Gasteiger partial charge in [-0.2, -0.15) is 0 Å². The first-order chi connectivity index (χ1) is 21.6. The number of nitrogens with one attached hydrogen (secondary N) is 3. The molecule has 3 atom stereocenters. The molecule has 6 N–H and O–H groups in total. The second-order valence-electron chi connectivity index (χ2n) is 12.5. The van der Waals surface area contributed by atoms with E-state index in [1.165, 1.54) is 68.2 Å². The van der Waals surface area contributed by atoms with Crippen molar-refractivity contribution in [3.63, 3.8) is 0 Å². The second-order valence-corrected chi connectivity index (χ2v) is 12.5. The summed E-state index contributed by atoms with van der Waals surface area (Å²) in [5, 5.41) is 40.2. The van der Waals surface area contributed by atoms with E-state index in [4.69, 9.17) is 0 Å². The van der Waals surface area contributed by atoms with E-state index in [0.717, 1.165) is 24.1 Å². The summed E-state index contributed by atoms with van der Waals surface area (Å²) in [6.07, 6.45) is 10.8. The number of methoxy groups -OCH3 is 1. The van der Waals surface area contributed by atoms with Crippen molar-refractivity contribution in [1.29, 1.82) is 0 Å². The maximum absolute atomic E-state index is 13.3. The summed E-state index contributed by atoms with van der Waals surface area (Å²) in [7, 11) is 1.24. The van der Waals surface area contributed by atoms with E-state index >= 15 is 0 Å². The molecule has 13 heteroatoms. The van der Waals surface area contributed by atoms with Crippen molar-refractivity contribution in [2.24, 2.45) is 23.7 Å². The van der Waals surface area contributed by atoms with Crippen molar-refractivity contribution in [3.05, 3.63) is 70.4 Å². The fourth-order valence-electron chi connectivity index (χ4n) is 7.47. The van der Waals surface area contributed by atoms with Crippen molar-refractivity contribution in [2.45, 2.75) is 76.0 Å². The van der Waals surface area contributed by atoms with Crippen LogP contribution in [0, 0.1) is 23.7 Å². The Labute approximate surface area is 260 Å². The van der Waals surface area contributed by atoms with Crippen LogP contribution in [0.2, 0.25) is 0 Å². The monoisotopic (exact) mass is 623 g/mol. The summed E-state index contributed by atoms with van der Waals surface area (Å²) >= 11 is 0. The molecule has 0 aliphatic heterocycles. The lowest BCUT2D eigenvalue weighted by atomic mass is 9.54. The summed E-state index contributed by atoms with van der Waals surface area (Å²) in [6, 6.07) is 3.57. The highest BCUT2D eigenvalue weighted by molar-refractivity contribution is 5.97. The van der Waals surface area contributed by atoms with E-state index < -0.39 is 41.9 Å². The lowest BCUT2D eigenvalue weighted by molar-refractivity contribution is -0.134. The van der Waals surface area contributed by atoms with Gasteiger partial charge in [0.1, 0.15) is 18.1 Å². The van der Waals surface area contributed by atoms with E-state index in [1.54, 1.807) is 12.3 Å². The number of carbonyl (C=O) groups excluding carboxylic acids is 2. The van der Waals surface area contributed by atoms with Crippen LogP contribution in [0.3, 0.4) is 0 Å². The molecule has 2 heterocycles. The fourth-order valence-corrected chi connectivity index (χ4v) is 7.47. The molecule has 2 unspecified atom stereocenters. The van der Waals surface area contributed by atoms with E-state index in [0.29, 0.717) is 11.8 Å². The smallest absolute Gasteiger partial charge is 0.337 e. The van der Waals surface area contributed by atoms with Gasteiger partial charge in [-0.15, -0.1) is 0 Å². The lowest BCUT2D eigenvalue weighted by Crippen LogP contribution is -2.57. The Morgan fingerprint density at radius 2 is 1.78 bits per heavy atom. The Balaban J connectivity index is 1.25. The number of ether oxygens (including phenoxy) is 1. The number of esters is 1. The summed E-state index contributed by atoms with van der Waals surface area (Å²) < 4.78 is 5.96. The van der Waals surface area contributed by atoms with Crippen molar-refractivity contribution < 1.29 is 34.4 Å². The number of aliphatic hydroxyl groups excluding tert-OH is 2. The third-order valence-corrected chi connectivity index (χ3v) is 9.35. The third-order valence-electron chi connectivity index (χ3n) is 9.35. The van der Waals surface area contributed by atoms with Gasteiger partial charge in [-0.05, 0) is 86.8 Å². The summed E-state index contributed by atoms with van der Waals surface area (Å²) in [6.45, 7) is 0.0264. The molecule has 2 aromatic heterocycles. The predicted octanol–water partition coefficient (Wildman–Crippen LogP) is 1.71. The van der Waals surface area contributed by atoms with Gasteiger partial charge in [-0.3, -0.25) is 19.9 Å². The third kappa shape index (κ3) is 7.96. The number of hydrogen-bond donors (Lipinski definition) is 6. The number of aromatic carboxylic acids is 1. The first-order valence-electron chi connectivity index (χ1n) is 15.4. The van der Waals surface area contributed by atoms with E-state index in [-0.39, 0.29) is 42.2 Å². The number of allylic oxidation sites excluding steroid dienone is 1. The van der Waals surface area contributed by atoms with Crippen LogP contribution in [0.4, 0.5) is 5.69 Å². The molecule has 0 spiro atoms. The number of hydrogen-bond acceptors (Lipinski definition) is 10. The number of aliphatic hydroxyl groups is 2. The van der Waals surface area contributed by atoms with E-state index in [1.807, 2.05) is 0 Å². The van der Waals surface area contributed by atoms with E-state index in [9.17, 15) is 34.5 Å². The Morgan fingerprint density at radius 1 is 1.09 bits per heavy atom. The molecule has 0 saturated heterocycles. The number of nitrogens with zero attached hydrogens (tertiary/aromatic N) is 2. The highest BCUT2D eigenvalue weighted by atomic mass is 16.5. The molecular formula is C32H41N5O8. The van der Waals surface area contributed by atoms with Gasteiger partial charge in [-0.25, -0.2) is 9.59 Å². The van der Waals surface area contributed by atoms with Crippen molar-refractivity contribution in [3.8, 4) is 0 Å². The van der Waals surface area contributed by atoms with Crippen LogP contribution in [-0.2, 0) is 16.1 Å². The fraction of sp³-hybridized carbons (Fsp3) is 0.531. The minimum atomic E-state index is -1.45. The largest absolute Gasteiger partial charge is 0.478 e. The molecule has 6 rings (SSSR count). The summed E-state index contributed by atoms with van der Waals surface area (Å²) in [5.74, 6) is 0.253. The van der Waals surface area contributed by atoms with Gasteiger partial charge >= 0.3 is 11.9 Å². The minimum absolute atomic E-state index is 0.0264. The van der Waals surface area contributed by atoms with E-state index in [2.05, 4.69) is 25.7 Å². The molecule has 4 fully saturated rings. The van der Waals surface area contributed by atoms with Crippen molar-refractivity contribution >= 4 is 23.5 Å². The van der Waals surface area contributed by atoms with Gasteiger partial charge in [0.15, 0.2) is 0 Å². The number of aromatic nitrogens is 2. The number of carboxylic acids is 1. The van der Waals surface area contributed by atoms with Crippen molar-refractivity contribution in [2.75, 3.05) is 12.4 Å². The zero-order valence-corrected chi connectivity index (χ0v) is 25.2. The van der Waals surface area contributed by atoms with Crippen LogP contribution in [0.25, 0.3) is 0 Å². The second kappa shape index (κ2) is 14.4. The molecule has 0 aromatic carbocycles. The average molecular weight is 624 g/mol. The molecule has 45 heavy (non-hydrogen) atoms. The number of pyridine rings is 2. The molecule has 242 valence electrons. The Hall–Kier alpha value is -4.07. The van der Waals surface area contributed by atoms with Crippen LogP contribution in [-0.4, -0.2) is 74.4 Å². The number of carboxylic acid groups (broad SMARTS) is 1. The van der Waals surface area contributed by atoms with Crippen LogP contribution in [0.15, 0.2) is 53.7 Å². The van der Waals surface area contributed by atoms with Gasteiger partial charge in [0.05, 0.1) is 30.8 Å². The first kappa shape index (κ1) is 32.3. The zero-order chi connectivity index (χ0) is 32.1. The van der Waals surface area contributed by atoms with Gasteiger partial charge in [0, 0.05) is 30.7 Å². The van der Waals surface area contributed by atoms with Crippen molar-refractivity contribution in [1.82, 2.24) is 20.2 Å². The molecule has 2 aromatic rings. The van der Waals surface area contributed by atoms with Gasteiger partial charge in [0.25, 0.3) is 11.5 Å².